The van der Waals surface area contributed by atoms with Crippen LogP contribution in [0.4, 0.5) is 0 Å². The number of fused-ring (bicyclic) bond motifs is 2. The van der Waals surface area contributed by atoms with Gasteiger partial charge in [-0.1, -0.05) is 23.4 Å². The SMILES string of the molecule is CC1c2cn(-c3ccccc3)nc2OCc2cnnn21. The summed E-state index contributed by atoms with van der Waals surface area (Å²) >= 11 is 0. The van der Waals surface area contributed by atoms with Gasteiger partial charge in [-0.05, 0) is 19.1 Å². The highest BCUT2D eigenvalue weighted by Gasteiger charge is 2.25. The Hall–Kier alpha value is -2.63. The van der Waals surface area contributed by atoms with Crippen molar-refractivity contribution in [2.45, 2.75) is 19.6 Å². The van der Waals surface area contributed by atoms with Crippen molar-refractivity contribution in [1.82, 2.24) is 24.8 Å². The van der Waals surface area contributed by atoms with Crippen molar-refractivity contribution in [3.05, 3.63) is 54.0 Å². The number of aromatic nitrogens is 5. The van der Waals surface area contributed by atoms with E-state index >= 15 is 0 Å². The molecular weight excluding hydrogens is 254 g/mol. The van der Waals surface area contributed by atoms with E-state index in [0.29, 0.717) is 12.5 Å². The molecule has 1 unspecified atom stereocenters. The van der Waals surface area contributed by atoms with E-state index in [1.165, 1.54) is 0 Å². The second-order valence-corrected chi connectivity index (χ2v) is 4.80. The molecule has 3 aromatic rings. The van der Waals surface area contributed by atoms with Gasteiger partial charge in [-0.15, -0.1) is 10.2 Å². The minimum Gasteiger partial charge on any atom is -0.470 e. The fourth-order valence-electron chi connectivity index (χ4n) is 2.45. The summed E-state index contributed by atoms with van der Waals surface area (Å²) in [5.74, 6) is 0.659. The van der Waals surface area contributed by atoms with Crippen LogP contribution >= 0.6 is 0 Å². The van der Waals surface area contributed by atoms with Gasteiger partial charge in [-0.3, -0.25) is 0 Å². The molecule has 4 rings (SSSR count). The van der Waals surface area contributed by atoms with Gasteiger partial charge < -0.3 is 4.74 Å². The summed E-state index contributed by atoms with van der Waals surface area (Å²) < 4.78 is 9.49. The minimum absolute atomic E-state index is 0.0578. The highest BCUT2D eigenvalue weighted by molar-refractivity contribution is 5.36. The lowest BCUT2D eigenvalue weighted by Gasteiger charge is -2.08. The van der Waals surface area contributed by atoms with Crippen LogP contribution in [0.1, 0.15) is 24.2 Å². The van der Waals surface area contributed by atoms with Crippen LogP contribution in [-0.4, -0.2) is 24.8 Å². The van der Waals surface area contributed by atoms with Gasteiger partial charge >= 0.3 is 0 Å². The third-order valence-corrected chi connectivity index (χ3v) is 3.55. The number of nitrogens with zero attached hydrogens (tertiary/aromatic N) is 5. The van der Waals surface area contributed by atoms with Crippen molar-refractivity contribution in [3.63, 3.8) is 0 Å². The van der Waals surface area contributed by atoms with Crippen molar-refractivity contribution >= 4 is 0 Å². The first-order chi connectivity index (χ1) is 9.83. The molecule has 0 radical (unpaired) electrons. The summed E-state index contributed by atoms with van der Waals surface area (Å²) in [5, 5.41) is 12.6. The van der Waals surface area contributed by atoms with Crippen LogP contribution in [0, 0.1) is 0 Å². The van der Waals surface area contributed by atoms with E-state index in [4.69, 9.17) is 4.74 Å². The van der Waals surface area contributed by atoms with Gasteiger partial charge in [0.2, 0.25) is 5.88 Å². The van der Waals surface area contributed by atoms with Crippen LogP contribution < -0.4 is 4.74 Å². The number of benzene rings is 1. The Morgan fingerprint density at radius 1 is 1.25 bits per heavy atom. The lowest BCUT2D eigenvalue weighted by atomic mass is 10.2. The normalized spacial score (nSPS) is 16.9. The van der Waals surface area contributed by atoms with Gasteiger partial charge in [0.15, 0.2) is 0 Å². The zero-order chi connectivity index (χ0) is 13.5. The molecule has 20 heavy (non-hydrogen) atoms. The van der Waals surface area contributed by atoms with E-state index in [1.807, 2.05) is 45.9 Å². The van der Waals surface area contributed by atoms with Gasteiger partial charge in [-0.2, -0.15) is 0 Å². The van der Waals surface area contributed by atoms with E-state index in [2.05, 4.69) is 22.3 Å². The fourth-order valence-corrected chi connectivity index (χ4v) is 2.45. The third-order valence-electron chi connectivity index (χ3n) is 3.55. The number of hydrogen-bond acceptors (Lipinski definition) is 4. The van der Waals surface area contributed by atoms with Gasteiger partial charge in [0.1, 0.15) is 6.61 Å². The molecule has 0 aliphatic carbocycles. The Labute approximate surface area is 115 Å². The second-order valence-electron chi connectivity index (χ2n) is 4.80. The van der Waals surface area contributed by atoms with Crippen LogP contribution in [0.2, 0.25) is 0 Å². The van der Waals surface area contributed by atoms with Gasteiger partial charge in [-0.25, -0.2) is 9.36 Å². The third kappa shape index (κ3) is 1.61. The van der Waals surface area contributed by atoms with Gasteiger partial charge in [0, 0.05) is 6.20 Å². The largest absolute Gasteiger partial charge is 0.470 e. The van der Waals surface area contributed by atoms with Crippen LogP contribution in [0.25, 0.3) is 5.69 Å². The van der Waals surface area contributed by atoms with Gasteiger partial charge in [0.25, 0.3) is 0 Å². The molecule has 6 heteroatoms. The number of hydrogen-bond donors (Lipinski definition) is 0. The monoisotopic (exact) mass is 267 g/mol. The quantitative estimate of drug-likeness (QED) is 0.676. The second kappa shape index (κ2) is 4.19. The molecule has 0 bridgehead atoms. The molecule has 1 atom stereocenters. The first-order valence-corrected chi connectivity index (χ1v) is 6.50. The van der Waals surface area contributed by atoms with Crippen LogP contribution in [0.15, 0.2) is 42.7 Å². The maximum absolute atomic E-state index is 5.77. The average Bonchev–Trinajstić information content (AvgIpc) is 3.10. The fraction of sp³-hybridized carbons (Fsp3) is 0.214. The molecule has 1 aromatic carbocycles. The Balaban J connectivity index is 1.81. The molecule has 100 valence electrons. The number of para-hydroxylation sites is 1. The highest BCUT2D eigenvalue weighted by atomic mass is 16.5. The molecule has 1 aliphatic rings. The van der Waals surface area contributed by atoms with Crippen molar-refractivity contribution in [2.75, 3.05) is 0 Å². The van der Waals surface area contributed by atoms with E-state index in [9.17, 15) is 0 Å². The maximum Gasteiger partial charge on any atom is 0.239 e. The Morgan fingerprint density at radius 3 is 2.95 bits per heavy atom. The van der Waals surface area contributed by atoms with Gasteiger partial charge in [0.05, 0.1) is 29.2 Å². The molecule has 0 fully saturated rings. The highest BCUT2D eigenvalue weighted by Crippen LogP contribution is 2.31. The maximum atomic E-state index is 5.77. The van der Waals surface area contributed by atoms with Crippen LogP contribution in [0.3, 0.4) is 0 Å². The van der Waals surface area contributed by atoms with E-state index < -0.39 is 0 Å². The van der Waals surface area contributed by atoms with Crippen molar-refractivity contribution in [2.24, 2.45) is 0 Å². The Bertz CT molecular complexity index is 746. The molecule has 0 spiro atoms. The molecule has 0 saturated heterocycles. The summed E-state index contributed by atoms with van der Waals surface area (Å²) in [6, 6.07) is 10.0. The standard InChI is InChI=1S/C14H13N5O/c1-10-13-8-18(11-5-3-2-4-6-11)16-14(13)20-9-12-7-15-17-19(10)12/h2-8,10H,9H2,1H3. The van der Waals surface area contributed by atoms with E-state index in [1.54, 1.807) is 6.20 Å². The molecule has 2 aromatic heterocycles. The Kier molecular flexibility index (Phi) is 2.35. The molecule has 0 amide bonds. The number of ether oxygens (including phenoxy) is 1. The van der Waals surface area contributed by atoms with Crippen molar-refractivity contribution in [3.8, 4) is 11.6 Å². The smallest absolute Gasteiger partial charge is 0.239 e. The topological polar surface area (TPSA) is 57.8 Å². The minimum atomic E-state index is 0.0578. The first kappa shape index (κ1) is 11.2. The van der Waals surface area contributed by atoms with Crippen molar-refractivity contribution in [1.29, 1.82) is 0 Å². The van der Waals surface area contributed by atoms with Crippen LogP contribution in [0.5, 0.6) is 5.88 Å². The first-order valence-electron chi connectivity index (χ1n) is 6.50. The summed E-state index contributed by atoms with van der Waals surface area (Å²) in [4.78, 5) is 0. The number of rotatable bonds is 1. The molecule has 3 heterocycles. The average molecular weight is 267 g/mol. The summed E-state index contributed by atoms with van der Waals surface area (Å²) in [7, 11) is 0. The molecule has 0 saturated carbocycles. The lowest BCUT2D eigenvalue weighted by molar-refractivity contribution is 0.287. The molecular formula is C14H13N5O. The zero-order valence-electron chi connectivity index (χ0n) is 11.0. The van der Waals surface area contributed by atoms with E-state index in [0.717, 1.165) is 16.9 Å². The Morgan fingerprint density at radius 2 is 2.10 bits per heavy atom. The van der Waals surface area contributed by atoms with Crippen molar-refractivity contribution < 1.29 is 4.74 Å². The van der Waals surface area contributed by atoms with E-state index in [-0.39, 0.29) is 6.04 Å². The summed E-state index contributed by atoms with van der Waals surface area (Å²) in [6.07, 6.45) is 3.72. The predicted octanol–water partition coefficient (Wildman–Crippen LogP) is 1.97. The summed E-state index contributed by atoms with van der Waals surface area (Å²) in [6.45, 7) is 2.51. The molecule has 0 N–H and O–H groups in total. The lowest BCUT2D eigenvalue weighted by Crippen LogP contribution is -2.10. The van der Waals surface area contributed by atoms with Crippen LogP contribution in [-0.2, 0) is 6.61 Å². The molecule has 6 nitrogen and oxygen atoms in total. The summed E-state index contributed by atoms with van der Waals surface area (Å²) in [5.41, 5.74) is 2.98. The predicted molar refractivity (Wildman–Crippen MR) is 71.7 cm³/mol. The molecule has 1 aliphatic heterocycles. The zero-order valence-corrected chi connectivity index (χ0v) is 11.0.